The van der Waals surface area contributed by atoms with Crippen LogP contribution in [0.1, 0.15) is 34.1 Å². The molecule has 0 aromatic carbocycles. The topological polar surface area (TPSA) is 78.4 Å². The highest BCUT2D eigenvalue weighted by Crippen LogP contribution is 2.26. The fraction of sp³-hybridized carbons (Fsp3) is 0.833. The summed E-state index contributed by atoms with van der Waals surface area (Å²) in [5.41, 5.74) is -0.983. The Balaban J connectivity index is 2.75. The van der Waals surface area contributed by atoms with Crippen molar-refractivity contribution in [3.63, 3.8) is 0 Å². The Hall–Kier alpha value is -1.10. The average molecular weight is 242 g/mol. The second kappa shape index (κ2) is 4.64. The summed E-state index contributed by atoms with van der Waals surface area (Å²) in [5, 5.41) is 14.9. The number of aliphatic carboxylic acids is 1. The van der Waals surface area contributed by atoms with Crippen molar-refractivity contribution in [3.05, 3.63) is 0 Å². The highest BCUT2D eigenvalue weighted by Gasteiger charge is 2.40. The molecule has 98 valence electrons. The van der Waals surface area contributed by atoms with Gasteiger partial charge in [-0.2, -0.15) is 0 Å². The number of carboxylic acids is 1. The van der Waals surface area contributed by atoms with E-state index in [0.717, 1.165) is 13.0 Å². The van der Waals surface area contributed by atoms with Crippen LogP contribution in [0.4, 0.5) is 0 Å². The van der Waals surface area contributed by atoms with Crippen LogP contribution in [0.5, 0.6) is 0 Å². The number of hydrogen-bond donors (Lipinski definition) is 3. The Morgan fingerprint density at radius 2 is 2.00 bits per heavy atom. The SMILES string of the molecule is CC1(C(=O)NC(C(=O)O)C(C)(C)C)CCNC1. The molecule has 1 heterocycles. The number of amides is 1. The number of rotatable bonds is 3. The van der Waals surface area contributed by atoms with Gasteiger partial charge in [-0.3, -0.25) is 4.79 Å². The first-order valence-electron chi connectivity index (χ1n) is 5.91. The van der Waals surface area contributed by atoms with Gasteiger partial charge in [0.1, 0.15) is 6.04 Å². The van der Waals surface area contributed by atoms with Gasteiger partial charge < -0.3 is 15.7 Å². The lowest BCUT2D eigenvalue weighted by Gasteiger charge is -2.31. The molecule has 1 amide bonds. The summed E-state index contributed by atoms with van der Waals surface area (Å²) in [6, 6.07) is -0.854. The van der Waals surface area contributed by atoms with E-state index in [1.54, 1.807) is 20.8 Å². The molecule has 1 saturated heterocycles. The van der Waals surface area contributed by atoms with E-state index in [-0.39, 0.29) is 5.91 Å². The second-order valence-electron chi connectivity index (χ2n) is 6.10. The van der Waals surface area contributed by atoms with Crippen molar-refractivity contribution in [2.24, 2.45) is 10.8 Å². The molecule has 1 rings (SSSR count). The van der Waals surface area contributed by atoms with Crippen LogP contribution in [0, 0.1) is 10.8 Å². The lowest BCUT2D eigenvalue weighted by atomic mass is 9.84. The Kier molecular flexibility index (Phi) is 3.81. The zero-order chi connectivity index (χ0) is 13.3. The largest absolute Gasteiger partial charge is 0.480 e. The van der Waals surface area contributed by atoms with Crippen molar-refractivity contribution in [1.29, 1.82) is 0 Å². The molecule has 1 aliphatic heterocycles. The van der Waals surface area contributed by atoms with Crippen LogP contribution in [0.2, 0.25) is 0 Å². The van der Waals surface area contributed by atoms with E-state index in [4.69, 9.17) is 5.11 Å². The third kappa shape index (κ3) is 3.19. The molecule has 0 aliphatic carbocycles. The van der Waals surface area contributed by atoms with E-state index in [1.807, 2.05) is 6.92 Å². The molecule has 0 aromatic heterocycles. The minimum atomic E-state index is -0.986. The molecule has 2 unspecified atom stereocenters. The first kappa shape index (κ1) is 14.0. The fourth-order valence-electron chi connectivity index (χ4n) is 1.96. The summed E-state index contributed by atoms with van der Waals surface area (Å²) < 4.78 is 0. The molecule has 5 heteroatoms. The summed E-state index contributed by atoms with van der Waals surface area (Å²) in [6.07, 6.45) is 0.745. The highest BCUT2D eigenvalue weighted by atomic mass is 16.4. The maximum Gasteiger partial charge on any atom is 0.326 e. The van der Waals surface area contributed by atoms with Crippen LogP contribution in [-0.4, -0.2) is 36.1 Å². The maximum atomic E-state index is 12.1. The van der Waals surface area contributed by atoms with Gasteiger partial charge in [-0.15, -0.1) is 0 Å². The monoisotopic (exact) mass is 242 g/mol. The van der Waals surface area contributed by atoms with E-state index in [2.05, 4.69) is 10.6 Å². The van der Waals surface area contributed by atoms with Crippen molar-refractivity contribution < 1.29 is 14.7 Å². The smallest absolute Gasteiger partial charge is 0.326 e. The summed E-state index contributed by atoms with van der Waals surface area (Å²) in [6.45, 7) is 8.69. The van der Waals surface area contributed by atoms with Crippen LogP contribution in [0.15, 0.2) is 0 Å². The molecule has 0 aromatic rings. The molecule has 3 N–H and O–H groups in total. The first-order chi connectivity index (χ1) is 7.67. The van der Waals surface area contributed by atoms with E-state index in [9.17, 15) is 9.59 Å². The Bertz CT molecular complexity index is 314. The summed E-state index contributed by atoms with van der Waals surface area (Å²) in [4.78, 5) is 23.3. The summed E-state index contributed by atoms with van der Waals surface area (Å²) in [5.74, 6) is -1.16. The highest BCUT2D eigenvalue weighted by molar-refractivity contribution is 5.88. The second-order valence-corrected chi connectivity index (χ2v) is 6.10. The predicted molar refractivity (Wildman–Crippen MR) is 64.6 cm³/mol. The van der Waals surface area contributed by atoms with Crippen LogP contribution in [0.25, 0.3) is 0 Å². The normalized spacial score (nSPS) is 26.6. The minimum absolute atomic E-state index is 0.176. The standard InChI is InChI=1S/C12H22N2O3/c1-11(2,3)8(9(15)16)14-10(17)12(4)5-6-13-7-12/h8,13H,5-7H2,1-4H3,(H,14,17)(H,15,16). The molecule has 5 nitrogen and oxygen atoms in total. The Morgan fingerprint density at radius 1 is 1.41 bits per heavy atom. The summed E-state index contributed by atoms with van der Waals surface area (Å²) in [7, 11) is 0. The number of nitrogens with one attached hydrogen (secondary N) is 2. The lowest BCUT2D eigenvalue weighted by Crippen LogP contribution is -2.53. The van der Waals surface area contributed by atoms with Gasteiger partial charge in [0.05, 0.1) is 5.41 Å². The van der Waals surface area contributed by atoms with E-state index in [1.165, 1.54) is 0 Å². The first-order valence-corrected chi connectivity index (χ1v) is 5.91. The Labute approximate surface area is 102 Å². The predicted octanol–water partition coefficient (Wildman–Crippen LogP) is 0.601. The van der Waals surface area contributed by atoms with Gasteiger partial charge in [-0.1, -0.05) is 20.8 Å². The van der Waals surface area contributed by atoms with Gasteiger partial charge in [0.2, 0.25) is 5.91 Å². The van der Waals surface area contributed by atoms with Crippen molar-refractivity contribution >= 4 is 11.9 Å². The van der Waals surface area contributed by atoms with Gasteiger partial charge in [-0.25, -0.2) is 4.79 Å². The quantitative estimate of drug-likeness (QED) is 0.677. The van der Waals surface area contributed by atoms with Crippen LogP contribution in [-0.2, 0) is 9.59 Å². The lowest BCUT2D eigenvalue weighted by molar-refractivity contribution is -0.146. The average Bonchev–Trinajstić information content (AvgIpc) is 2.60. The molecule has 17 heavy (non-hydrogen) atoms. The number of carbonyl (C=O) groups excluding carboxylic acids is 1. The van der Waals surface area contributed by atoms with Crippen molar-refractivity contribution in [3.8, 4) is 0 Å². The van der Waals surface area contributed by atoms with Gasteiger partial charge in [-0.05, 0) is 25.3 Å². The van der Waals surface area contributed by atoms with Crippen LogP contribution in [0.3, 0.4) is 0 Å². The minimum Gasteiger partial charge on any atom is -0.480 e. The van der Waals surface area contributed by atoms with E-state index >= 15 is 0 Å². The number of carbonyl (C=O) groups is 2. The van der Waals surface area contributed by atoms with Gasteiger partial charge in [0.25, 0.3) is 0 Å². The van der Waals surface area contributed by atoms with Crippen LogP contribution >= 0.6 is 0 Å². The molecular formula is C12H22N2O3. The van der Waals surface area contributed by atoms with E-state index in [0.29, 0.717) is 6.54 Å². The molecule has 1 fully saturated rings. The van der Waals surface area contributed by atoms with Gasteiger partial charge in [0, 0.05) is 6.54 Å². The molecule has 0 radical (unpaired) electrons. The fourth-order valence-corrected chi connectivity index (χ4v) is 1.96. The summed E-state index contributed by atoms with van der Waals surface area (Å²) >= 11 is 0. The third-order valence-electron chi connectivity index (χ3n) is 3.31. The third-order valence-corrected chi connectivity index (χ3v) is 3.31. The zero-order valence-electron chi connectivity index (χ0n) is 11.0. The maximum absolute atomic E-state index is 12.1. The Morgan fingerprint density at radius 3 is 2.35 bits per heavy atom. The molecule has 0 bridgehead atoms. The zero-order valence-corrected chi connectivity index (χ0v) is 11.0. The van der Waals surface area contributed by atoms with Gasteiger partial charge in [0.15, 0.2) is 0 Å². The molecular weight excluding hydrogens is 220 g/mol. The number of hydrogen-bond acceptors (Lipinski definition) is 3. The van der Waals surface area contributed by atoms with Crippen LogP contribution < -0.4 is 10.6 Å². The molecule has 2 atom stereocenters. The van der Waals surface area contributed by atoms with Crippen molar-refractivity contribution in [1.82, 2.24) is 10.6 Å². The van der Waals surface area contributed by atoms with Gasteiger partial charge >= 0.3 is 5.97 Å². The van der Waals surface area contributed by atoms with E-state index < -0.39 is 22.8 Å². The van der Waals surface area contributed by atoms with Crippen molar-refractivity contribution in [2.45, 2.75) is 40.2 Å². The number of carboxylic acid groups (broad SMARTS) is 1. The van der Waals surface area contributed by atoms with Crippen molar-refractivity contribution in [2.75, 3.05) is 13.1 Å². The molecule has 0 saturated carbocycles. The molecule has 1 aliphatic rings. The molecule has 0 spiro atoms.